The van der Waals surface area contributed by atoms with Crippen LogP contribution in [0.1, 0.15) is 43.9 Å². The molecule has 0 aliphatic rings. The Labute approximate surface area is 148 Å². The lowest BCUT2D eigenvalue weighted by molar-refractivity contribution is 0.298. The molecule has 0 saturated heterocycles. The molecule has 0 fully saturated rings. The zero-order valence-corrected chi connectivity index (χ0v) is 16.0. The van der Waals surface area contributed by atoms with E-state index in [1.165, 1.54) is 16.7 Å². The predicted octanol–water partition coefficient (Wildman–Crippen LogP) is 5.61. The molecule has 23 heavy (non-hydrogen) atoms. The highest BCUT2D eigenvalue weighted by molar-refractivity contribution is 9.10. The third kappa shape index (κ3) is 5.36. The van der Waals surface area contributed by atoms with Crippen molar-refractivity contribution in [3.8, 4) is 5.75 Å². The van der Waals surface area contributed by atoms with E-state index in [1.54, 1.807) is 0 Å². The van der Waals surface area contributed by atoms with Crippen LogP contribution in [-0.4, -0.2) is 5.54 Å². The lowest BCUT2D eigenvalue weighted by atomic mass is 10.0. The van der Waals surface area contributed by atoms with Gasteiger partial charge in [-0.05, 0) is 56.5 Å². The number of halogens is 1. The number of rotatable bonds is 7. The van der Waals surface area contributed by atoms with Gasteiger partial charge in [-0.15, -0.1) is 0 Å². The van der Waals surface area contributed by atoms with E-state index in [2.05, 4.69) is 79.3 Å². The van der Waals surface area contributed by atoms with Gasteiger partial charge >= 0.3 is 0 Å². The summed E-state index contributed by atoms with van der Waals surface area (Å²) in [5.41, 5.74) is 3.78. The highest BCUT2D eigenvalue weighted by Gasteiger charge is 2.15. The maximum absolute atomic E-state index is 6.10. The SMILES string of the molecule is CCC(C)(C)NCc1cc(Br)ccc1OCc1ccccc1C. The first-order valence-corrected chi connectivity index (χ1v) is 8.91. The van der Waals surface area contributed by atoms with Crippen LogP contribution >= 0.6 is 15.9 Å². The molecule has 3 heteroatoms. The van der Waals surface area contributed by atoms with Crippen molar-refractivity contribution in [1.29, 1.82) is 0 Å². The lowest BCUT2D eigenvalue weighted by Gasteiger charge is -2.25. The van der Waals surface area contributed by atoms with Crippen LogP contribution < -0.4 is 10.1 Å². The molecule has 0 spiro atoms. The standard InChI is InChI=1S/C20H26BrNO/c1-5-20(3,4)22-13-17-12-18(21)10-11-19(17)23-14-16-9-7-6-8-15(16)2/h6-12,22H,5,13-14H2,1-4H3. The van der Waals surface area contributed by atoms with Crippen LogP contribution in [0.5, 0.6) is 5.75 Å². The minimum atomic E-state index is 0.121. The summed E-state index contributed by atoms with van der Waals surface area (Å²) in [6.07, 6.45) is 1.08. The van der Waals surface area contributed by atoms with Crippen molar-refractivity contribution in [2.45, 2.75) is 52.8 Å². The van der Waals surface area contributed by atoms with Crippen molar-refractivity contribution in [3.63, 3.8) is 0 Å². The van der Waals surface area contributed by atoms with Crippen LogP contribution in [0.4, 0.5) is 0 Å². The summed E-state index contributed by atoms with van der Waals surface area (Å²) in [4.78, 5) is 0. The van der Waals surface area contributed by atoms with Crippen molar-refractivity contribution in [1.82, 2.24) is 5.32 Å². The number of aryl methyl sites for hydroxylation is 1. The van der Waals surface area contributed by atoms with Gasteiger partial charge in [0.2, 0.25) is 0 Å². The van der Waals surface area contributed by atoms with Crippen LogP contribution in [0.15, 0.2) is 46.9 Å². The molecular weight excluding hydrogens is 350 g/mol. The third-order valence-corrected chi connectivity index (χ3v) is 4.80. The summed E-state index contributed by atoms with van der Waals surface area (Å²) in [5, 5.41) is 3.60. The van der Waals surface area contributed by atoms with Crippen LogP contribution in [0.2, 0.25) is 0 Å². The average molecular weight is 376 g/mol. The van der Waals surface area contributed by atoms with Crippen molar-refractivity contribution in [2.75, 3.05) is 0 Å². The molecule has 0 heterocycles. The van der Waals surface area contributed by atoms with Crippen molar-refractivity contribution in [2.24, 2.45) is 0 Å². The third-order valence-electron chi connectivity index (χ3n) is 4.31. The molecule has 124 valence electrons. The Morgan fingerprint density at radius 1 is 1.09 bits per heavy atom. The topological polar surface area (TPSA) is 21.3 Å². The zero-order chi connectivity index (χ0) is 16.9. The summed E-state index contributed by atoms with van der Waals surface area (Å²) in [7, 11) is 0. The highest BCUT2D eigenvalue weighted by Crippen LogP contribution is 2.25. The van der Waals surface area contributed by atoms with E-state index in [9.17, 15) is 0 Å². The van der Waals surface area contributed by atoms with Gasteiger partial charge in [0, 0.05) is 22.1 Å². The van der Waals surface area contributed by atoms with Crippen molar-refractivity contribution in [3.05, 3.63) is 63.6 Å². The van der Waals surface area contributed by atoms with E-state index in [-0.39, 0.29) is 5.54 Å². The molecular formula is C20H26BrNO. The van der Waals surface area contributed by atoms with Gasteiger partial charge in [0.1, 0.15) is 12.4 Å². The molecule has 0 radical (unpaired) electrons. The minimum absolute atomic E-state index is 0.121. The van der Waals surface area contributed by atoms with Crippen LogP contribution in [0.3, 0.4) is 0 Å². The Balaban J connectivity index is 2.10. The summed E-state index contributed by atoms with van der Waals surface area (Å²) in [6.45, 7) is 10.1. The zero-order valence-electron chi connectivity index (χ0n) is 14.4. The van der Waals surface area contributed by atoms with E-state index < -0.39 is 0 Å². The summed E-state index contributed by atoms with van der Waals surface area (Å²) in [6, 6.07) is 14.5. The van der Waals surface area contributed by atoms with Gasteiger partial charge < -0.3 is 10.1 Å². The Hall–Kier alpha value is -1.32. The van der Waals surface area contributed by atoms with E-state index in [0.29, 0.717) is 6.61 Å². The molecule has 2 rings (SSSR count). The fourth-order valence-electron chi connectivity index (χ4n) is 2.21. The first-order chi connectivity index (χ1) is 10.9. The molecule has 0 aromatic heterocycles. The second-order valence-electron chi connectivity index (χ2n) is 6.56. The maximum atomic E-state index is 6.10. The normalized spacial score (nSPS) is 11.5. The molecule has 2 aromatic carbocycles. The Morgan fingerprint density at radius 2 is 1.83 bits per heavy atom. The second-order valence-corrected chi connectivity index (χ2v) is 7.47. The summed E-state index contributed by atoms with van der Waals surface area (Å²) >= 11 is 3.56. The molecule has 0 atom stereocenters. The van der Waals surface area contributed by atoms with Gasteiger partial charge in [0.15, 0.2) is 0 Å². The fourth-order valence-corrected chi connectivity index (χ4v) is 2.62. The summed E-state index contributed by atoms with van der Waals surface area (Å²) < 4.78 is 7.17. The highest BCUT2D eigenvalue weighted by atomic mass is 79.9. The predicted molar refractivity (Wildman–Crippen MR) is 101 cm³/mol. The quantitative estimate of drug-likeness (QED) is 0.678. The minimum Gasteiger partial charge on any atom is -0.489 e. The largest absolute Gasteiger partial charge is 0.489 e. The van der Waals surface area contributed by atoms with E-state index in [0.717, 1.165) is 23.2 Å². The molecule has 0 unspecified atom stereocenters. The molecule has 0 bridgehead atoms. The number of hydrogen-bond acceptors (Lipinski definition) is 2. The van der Waals surface area contributed by atoms with Gasteiger partial charge in [-0.25, -0.2) is 0 Å². The van der Waals surface area contributed by atoms with Crippen molar-refractivity contribution < 1.29 is 4.74 Å². The Bertz CT molecular complexity index is 652. The van der Waals surface area contributed by atoms with Gasteiger partial charge in [0.05, 0.1) is 0 Å². The number of benzene rings is 2. The van der Waals surface area contributed by atoms with Gasteiger partial charge in [-0.2, -0.15) is 0 Å². The second kappa shape index (κ2) is 7.98. The molecule has 0 aliphatic carbocycles. The van der Waals surface area contributed by atoms with E-state index in [1.807, 2.05) is 12.1 Å². The van der Waals surface area contributed by atoms with Crippen LogP contribution in [0, 0.1) is 6.92 Å². The number of nitrogens with one attached hydrogen (secondary N) is 1. The molecule has 2 nitrogen and oxygen atoms in total. The van der Waals surface area contributed by atoms with Gasteiger partial charge in [-0.1, -0.05) is 47.1 Å². The van der Waals surface area contributed by atoms with Crippen molar-refractivity contribution >= 4 is 15.9 Å². The lowest BCUT2D eigenvalue weighted by Crippen LogP contribution is -2.37. The smallest absolute Gasteiger partial charge is 0.124 e. The van der Waals surface area contributed by atoms with Crippen LogP contribution in [-0.2, 0) is 13.2 Å². The summed E-state index contributed by atoms with van der Waals surface area (Å²) in [5.74, 6) is 0.941. The fraction of sp³-hybridized carbons (Fsp3) is 0.400. The average Bonchev–Trinajstić information content (AvgIpc) is 2.53. The Kier molecular flexibility index (Phi) is 6.25. The van der Waals surface area contributed by atoms with E-state index >= 15 is 0 Å². The number of hydrogen-bond donors (Lipinski definition) is 1. The van der Waals surface area contributed by atoms with Gasteiger partial charge in [0.25, 0.3) is 0 Å². The van der Waals surface area contributed by atoms with E-state index in [4.69, 9.17) is 4.74 Å². The molecule has 0 aliphatic heterocycles. The first kappa shape index (κ1) is 18.0. The van der Waals surface area contributed by atoms with Crippen LogP contribution in [0.25, 0.3) is 0 Å². The Morgan fingerprint density at radius 3 is 2.52 bits per heavy atom. The number of ether oxygens (including phenoxy) is 1. The molecule has 2 aromatic rings. The monoisotopic (exact) mass is 375 g/mol. The molecule has 0 saturated carbocycles. The first-order valence-electron chi connectivity index (χ1n) is 8.12. The molecule has 1 N–H and O–H groups in total. The molecule has 0 amide bonds. The van der Waals surface area contributed by atoms with Gasteiger partial charge in [-0.3, -0.25) is 0 Å². The maximum Gasteiger partial charge on any atom is 0.124 e.